The van der Waals surface area contributed by atoms with Crippen LogP contribution in [0.25, 0.3) is 10.2 Å². The number of hydrazine groups is 1. The fourth-order valence-corrected chi connectivity index (χ4v) is 4.76. The molecule has 7 heteroatoms. The lowest BCUT2D eigenvalue weighted by Crippen LogP contribution is -2.53. The topological polar surface area (TPSA) is 66.0 Å². The Hall–Kier alpha value is -1.73. The zero-order valence-electron chi connectivity index (χ0n) is 14.6. The van der Waals surface area contributed by atoms with Crippen LogP contribution < -0.4 is 16.2 Å². The Morgan fingerprint density at radius 2 is 2.00 bits per heavy atom. The summed E-state index contributed by atoms with van der Waals surface area (Å²) in [6.45, 7) is 4.00. The van der Waals surface area contributed by atoms with E-state index >= 15 is 0 Å². The minimum Gasteiger partial charge on any atom is -0.359 e. The quantitative estimate of drug-likeness (QED) is 0.564. The number of amides is 1. The number of fused-ring (bicyclic) bond motifs is 1. The molecule has 1 aromatic carbocycles. The highest BCUT2D eigenvalue weighted by Gasteiger charge is 2.42. The van der Waals surface area contributed by atoms with E-state index < -0.39 is 5.41 Å². The highest BCUT2D eigenvalue weighted by molar-refractivity contribution is 7.80. The number of carbonyl (C=O) groups excluding carboxylic acids is 1. The second-order valence-corrected chi connectivity index (χ2v) is 8.47. The number of thiocarbonyl (C=S) groups is 1. The van der Waals surface area contributed by atoms with Gasteiger partial charge in [-0.15, -0.1) is 11.3 Å². The number of benzene rings is 1. The Morgan fingerprint density at radius 3 is 2.68 bits per heavy atom. The number of para-hydroxylation sites is 1. The van der Waals surface area contributed by atoms with Crippen molar-refractivity contribution >= 4 is 44.8 Å². The fourth-order valence-electron chi connectivity index (χ4n) is 3.37. The second-order valence-electron chi connectivity index (χ2n) is 6.95. The lowest BCUT2D eigenvalue weighted by atomic mass is 9.82. The van der Waals surface area contributed by atoms with Crippen LogP contribution in [0.4, 0.5) is 0 Å². The maximum atomic E-state index is 12.9. The molecule has 0 unspecified atom stereocenters. The predicted molar refractivity (Wildman–Crippen MR) is 106 cm³/mol. The van der Waals surface area contributed by atoms with E-state index in [2.05, 4.69) is 22.2 Å². The molecule has 3 N–H and O–H groups in total. The SMILES string of the molecule is CC(C)NC(=S)NNC(=O)C1(Cc2nc3ccccc3s2)CCCC1. The summed E-state index contributed by atoms with van der Waals surface area (Å²) >= 11 is 6.87. The monoisotopic (exact) mass is 376 g/mol. The lowest BCUT2D eigenvalue weighted by molar-refractivity contribution is -0.131. The van der Waals surface area contributed by atoms with Gasteiger partial charge in [-0.25, -0.2) is 4.98 Å². The summed E-state index contributed by atoms with van der Waals surface area (Å²) in [5.41, 5.74) is 6.26. The molecule has 1 aliphatic carbocycles. The van der Waals surface area contributed by atoms with Gasteiger partial charge >= 0.3 is 0 Å². The number of hydrogen-bond donors (Lipinski definition) is 3. The molecule has 25 heavy (non-hydrogen) atoms. The van der Waals surface area contributed by atoms with Crippen LogP contribution >= 0.6 is 23.6 Å². The normalized spacial score (nSPS) is 16.1. The third-order valence-electron chi connectivity index (χ3n) is 4.58. The first-order valence-corrected chi connectivity index (χ1v) is 9.92. The van der Waals surface area contributed by atoms with E-state index in [0.29, 0.717) is 11.5 Å². The molecule has 0 atom stereocenters. The summed E-state index contributed by atoms with van der Waals surface area (Å²) in [7, 11) is 0. The van der Waals surface area contributed by atoms with Gasteiger partial charge in [0.1, 0.15) is 0 Å². The molecular formula is C18H24N4OS2. The van der Waals surface area contributed by atoms with Gasteiger partial charge in [0.25, 0.3) is 0 Å². The molecule has 3 rings (SSSR count). The van der Waals surface area contributed by atoms with E-state index in [-0.39, 0.29) is 11.9 Å². The number of hydrogen-bond acceptors (Lipinski definition) is 4. The highest BCUT2D eigenvalue weighted by Crippen LogP contribution is 2.42. The molecule has 0 saturated heterocycles. The Balaban J connectivity index is 1.70. The molecule has 0 aliphatic heterocycles. The van der Waals surface area contributed by atoms with Gasteiger partial charge in [-0.1, -0.05) is 25.0 Å². The number of thiazole rings is 1. The van der Waals surface area contributed by atoms with Crippen LogP contribution in [0.1, 0.15) is 44.5 Å². The van der Waals surface area contributed by atoms with Crippen molar-refractivity contribution in [2.24, 2.45) is 5.41 Å². The lowest BCUT2D eigenvalue weighted by Gasteiger charge is -2.27. The predicted octanol–water partition coefficient (Wildman–Crippen LogP) is 3.30. The third-order valence-corrected chi connectivity index (χ3v) is 5.84. The van der Waals surface area contributed by atoms with Crippen molar-refractivity contribution in [2.75, 3.05) is 0 Å². The fraction of sp³-hybridized carbons (Fsp3) is 0.500. The van der Waals surface area contributed by atoms with Crippen LogP contribution in [-0.4, -0.2) is 22.0 Å². The molecule has 1 aromatic heterocycles. The van der Waals surface area contributed by atoms with Gasteiger partial charge in [0.2, 0.25) is 5.91 Å². The Kier molecular flexibility index (Phi) is 5.54. The van der Waals surface area contributed by atoms with Gasteiger partial charge in [0.15, 0.2) is 5.11 Å². The standard InChI is InChI=1S/C18H24N4OS2/c1-12(2)19-17(24)22-21-16(23)18(9-5-6-10-18)11-15-20-13-7-3-4-8-14(13)25-15/h3-4,7-8,12H,5-6,9-11H2,1-2H3,(H,21,23)(H2,19,22,24). The van der Waals surface area contributed by atoms with Crippen molar-refractivity contribution in [2.45, 2.75) is 52.0 Å². The van der Waals surface area contributed by atoms with Crippen LogP contribution in [0, 0.1) is 5.41 Å². The van der Waals surface area contributed by atoms with E-state index in [1.54, 1.807) is 11.3 Å². The van der Waals surface area contributed by atoms with Gasteiger partial charge in [0.05, 0.1) is 20.6 Å². The van der Waals surface area contributed by atoms with E-state index in [4.69, 9.17) is 17.2 Å². The van der Waals surface area contributed by atoms with E-state index in [1.165, 1.54) is 4.70 Å². The molecule has 0 radical (unpaired) electrons. The summed E-state index contributed by atoms with van der Waals surface area (Å²) in [5, 5.41) is 4.53. The van der Waals surface area contributed by atoms with Gasteiger partial charge in [-0.05, 0) is 51.0 Å². The summed E-state index contributed by atoms with van der Waals surface area (Å²) in [4.78, 5) is 17.6. The highest BCUT2D eigenvalue weighted by atomic mass is 32.1. The van der Waals surface area contributed by atoms with Gasteiger partial charge in [0, 0.05) is 12.5 Å². The van der Waals surface area contributed by atoms with E-state index in [9.17, 15) is 4.79 Å². The zero-order valence-corrected chi connectivity index (χ0v) is 16.2. The molecule has 1 fully saturated rings. The van der Waals surface area contributed by atoms with Crippen molar-refractivity contribution in [3.05, 3.63) is 29.3 Å². The zero-order chi connectivity index (χ0) is 17.9. The Labute approximate surface area is 157 Å². The van der Waals surface area contributed by atoms with Crippen LogP contribution in [0.15, 0.2) is 24.3 Å². The first-order chi connectivity index (χ1) is 12.0. The van der Waals surface area contributed by atoms with Gasteiger partial charge in [-0.3, -0.25) is 15.6 Å². The smallest absolute Gasteiger partial charge is 0.245 e. The first kappa shape index (κ1) is 18.1. The van der Waals surface area contributed by atoms with Gasteiger partial charge < -0.3 is 5.32 Å². The first-order valence-electron chi connectivity index (χ1n) is 8.70. The number of rotatable bonds is 4. The molecule has 1 heterocycles. The van der Waals surface area contributed by atoms with Crippen LogP contribution in [0.3, 0.4) is 0 Å². The average Bonchev–Trinajstić information content (AvgIpc) is 3.19. The summed E-state index contributed by atoms with van der Waals surface area (Å²) in [6, 6.07) is 8.34. The molecule has 1 aliphatic rings. The molecule has 1 saturated carbocycles. The van der Waals surface area contributed by atoms with Crippen LogP contribution in [-0.2, 0) is 11.2 Å². The molecule has 0 bridgehead atoms. The van der Waals surface area contributed by atoms with Crippen molar-refractivity contribution in [3.63, 3.8) is 0 Å². The second kappa shape index (κ2) is 7.66. The maximum absolute atomic E-state index is 12.9. The van der Waals surface area contributed by atoms with Crippen molar-refractivity contribution in [1.82, 2.24) is 21.2 Å². The largest absolute Gasteiger partial charge is 0.359 e. The van der Waals surface area contributed by atoms with Crippen LogP contribution in [0.5, 0.6) is 0 Å². The minimum atomic E-state index is -0.395. The summed E-state index contributed by atoms with van der Waals surface area (Å²) < 4.78 is 1.17. The van der Waals surface area contributed by atoms with E-state index in [1.807, 2.05) is 32.0 Å². The number of aromatic nitrogens is 1. The van der Waals surface area contributed by atoms with Crippen molar-refractivity contribution < 1.29 is 4.79 Å². The van der Waals surface area contributed by atoms with Gasteiger partial charge in [-0.2, -0.15) is 0 Å². The summed E-state index contributed by atoms with van der Waals surface area (Å²) in [5.74, 6) is 0.0113. The molecule has 134 valence electrons. The minimum absolute atomic E-state index is 0.0113. The van der Waals surface area contributed by atoms with E-state index in [0.717, 1.165) is 36.2 Å². The Morgan fingerprint density at radius 1 is 1.28 bits per heavy atom. The maximum Gasteiger partial charge on any atom is 0.245 e. The third kappa shape index (κ3) is 4.27. The number of carbonyl (C=O) groups is 1. The molecular weight excluding hydrogens is 352 g/mol. The molecule has 1 amide bonds. The van der Waals surface area contributed by atoms with Crippen molar-refractivity contribution in [1.29, 1.82) is 0 Å². The molecule has 0 spiro atoms. The number of nitrogens with zero attached hydrogens (tertiary/aromatic N) is 1. The Bertz CT molecular complexity index is 732. The molecule has 2 aromatic rings. The van der Waals surface area contributed by atoms with Crippen molar-refractivity contribution in [3.8, 4) is 0 Å². The molecule has 5 nitrogen and oxygen atoms in total. The average molecular weight is 377 g/mol. The summed E-state index contributed by atoms with van der Waals surface area (Å²) in [6.07, 6.45) is 4.62. The van der Waals surface area contributed by atoms with Crippen LogP contribution in [0.2, 0.25) is 0 Å². The number of nitrogens with one attached hydrogen (secondary N) is 3.